The van der Waals surface area contributed by atoms with Gasteiger partial charge in [-0.05, 0) is 19.1 Å². The lowest BCUT2D eigenvalue weighted by Crippen LogP contribution is -2.10. The van der Waals surface area contributed by atoms with E-state index in [1.165, 1.54) is 12.3 Å². The minimum atomic E-state index is -4.37. The van der Waals surface area contributed by atoms with Crippen molar-refractivity contribution < 1.29 is 13.2 Å². The molecule has 0 amide bonds. The fourth-order valence-corrected chi connectivity index (χ4v) is 1.43. The Morgan fingerprint density at radius 1 is 1.29 bits per heavy atom. The third kappa shape index (κ3) is 2.36. The van der Waals surface area contributed by atoms with E-state index in [9.17, 15) is 13.2 Å². The summed E-state index contributed by atoms with van der Waals surface area (Å²) in [5.41, 5.74) is 5.11. The number of alkyl halides is 3. The molecule has 2 rings (SSSR count). The zero-order valence-electron chi connectivity index (χ0n) is 8.99. The van der Waals surface area contributed by atoms with Gasteiger partial charge in [0.05, 0.1) is 17.1 Å². The Kier molecular flexibility index (Phi) is 2.74. The first-order valence-electron chi connectivity index (χ1n) is 4.97. The first-order valence-corrected chi connectivity index (χ1v) is 4.97. The predicted octanol–water partition coefficient (Wildman–Crippen LogP) is 2.67. The molecule has 1 aromatic heterocycles. The maximum atomic E-state index is 12.5. The quantitative estimate of drug-likeness (QED) is 0.835. The number of halogens is 3. The van der Waals surface area contributed by atoms with E-state index in [2.05, 4.69) is 9.97 Å². The van der Waals surface area contributed by atoms with E-state index < -0.39 is 17.8 Å². The molecule has 0 bridgehead atoms. The summed E-state index contributed by atoms with van der Waals surface area (Å²) in [7, 11) is 0. The lowest BCUT2D eigenvalue weighted by atomic mass is 10.1. The van der Waals surface area contributed by atoms with E-state index in [4.69, 9.17) is 5.73 Å². The molecule has 17 heavy (non-hydrogen) atoms. The fraction of sp³-hybridized carbons (Fsp3) is 0.273. The van der Waals surface area contributed by atoms with Crippen molar-refractivity contribution in [3.63, 3.8) is 0 Å². The highest BCUT2D eigenvalue weighted by Gasteiger charge is 2.30. The van der Waals surface area contributed by atoms with Crippen LogP contribution in [-0.4, -0.2) is 9.97 Å². The number of fused-ring (bicyclic) bond motifs is 1. The summed E-state index contributed by atoms with van der Waals surface area (Å²) in [6, 6.07) is 2.96. The van der Waals surface area contributed by atoms with Gasteiger partial charge in [0.2, 0.25) is 0 Å². The minimum absolute atomic E-state index is 0.252. The van der Waals surface area contributed by atoms with Crippen molar-refractivity contribution in [2.24, 2.45) is 5.73 Å². The van der Waals surface area contributed by atoms with Crippen LogP contribution in [0.2, 0.25) is 0 Å². The molecular weight excluding hydrogens is 231 g/mol. The Morgan fingerprint density at radius 2 is 2.00 bits per heavy atom. The molecule has 1 atom stereocenters. The van der Waals surface area contributed by atoms with Crippen molar-refractivity contribution >= 4 is 10.9 Å². The van der Waals surface area contributed by atoms with Crippen LogP contribution in [0.4, 0.5) is 13.2 Å². The van der Waals surface area contributed by atoms with Crippen LogP contribution in [-0.2, 0) is 6.18 Å². The smallest absolute Gasteiger partial charge is 0.322 e. The van der Waals surface area contributed by atoms with Gasteiger partial charge in [0, 0.05) is 11.6 Å². The first-order chi connectivity index (χ1) is 7.88. The Morgan fingerprint density at radius 3 is 2.59 bits per heavy atom. The summed E-state index contributed by atoms with van der Waals surface area (Å²) in [5, 5.41) is 0.558. The molecule has 1 aromatic carbocycles. The monoisotopic (exact) mass is 241 g/mol. The summed E-state index contributed by atoms with van der Waals surface area (Å²) >= 11 is 0. The van der Waals surface area contributed by atoms with Crippen LogP contribution in [0.3, 0.4) is 0 Å². The molecule has 0 spiro atoms. The van der Waals surface area contributed by atoms with E-state index in [0.717, 1.165) is 12.1 Å². The second kappa shape index (κ2) is 3.96. The van der Waals surface area contributed by atoms with E-state index in [1.54, 1.807) is 6.92 Å². The standard InChI is InChI=1S/C11H10F3N3/c1-6(15)10-16-5-7-2-3-8(11(12,13)14)4-9(7)17-10/h2-6H,15H2,1H3. The SMILES string of the molecule is CC(N)c1ncc2ccc(C(F)(F)F)cc2n1. The maximum absolute atomic E-state index is 12.5. The molecule has 3 nitrogen and oxygen atoms in total. The zero-order valence-corrected chi connectivity index (χ0v) is 8.99. The normalized spacial score (nSPS) is 13.9. The summed E-state index contributed by atoms with van der Waals surface area (Å²) in [5.74, 6) is 0.330. The Hall–Kier alpha value is -1.69. The molecule has 1 unspecified atom stereocenters. The molecular formula is C11H10F3N3. The lowest BCUT2D eigenvalue weighted by Gasteiger charge is -2.08. The van der Waals surface area contributed by atoms with Gasteiger partial charge >= 0.3 is 6.18 Å². The van der Waals surface area contributed by atoms with Crippen molar-refractivity contribution in [1.82, 2.24) is 9.97 Å². The third-order valence-corrected chi connectivity index (χ3v) is 2.34. The molecule has 1 heterocycles. The molecule has 0 saturated carbocycles. The molecule has 0 aliphatic carbocycles. The van der Waals surface area contributed by atoms with Crippen molar-refractivity contribution in [2.75, 3.05) is 0 Å². The van der Waals surface area contributed by atoms with E-state index in [-0.39, 0.29) is 5.52 Å². The lowest BCUT2D eigenvalue weighted by molar-refractivity contribution is -0.137. The second-order valence-corrected chi connectivity index (χ2v) is 3.79. The topological polar surface area (TPSA) is 51.8 Å². The van der Waals surface area contributed by atoms with Gasteiger partial charge in [-0.25, -0.2) is 9.97 Å². The van der Waals surface area contributed by atoms with Gasteiger partial charge in [0.15, 0.2) is 0 Å². The van der Waals surface area contributed by atoms with Crippen LogP contribution >= 0.6 is 0 Å². The first kappa shape index (κ1) is 11.8. The number of hydrogen-bond donors (Lipinski definition) is 1. The highest BCUT2D eigenvalue weighted by atomic mass is 19.4. The van der Waals surface area contributed by atoms with E-state index in [0.29, 0.717) is 11.2 Å². The van der Waals surface area contributed by atoms with E-state index >= 15 is 0 Å². The number of nitrogens with zero attached hydrogens (tertiary/aromatic N) is 2. The van der Waals surface area contributed by atoms with Gasteiger partial charge in [-0.1, -0.05) is 6.07 Å². The van der Waals surface area contributed by atoms with Crippen LogP contribution in [0, 0.1) is 0 Å². The van der Waals surface area contributed by atoms with Crippen LogP contribution in [0.15, 0.2) is 24.4 Å². The molecule has 90 valence electrons. The molecule has 0 radical (unpaired) electrons. The average molecular weight is 241 g/mol. The molecule has 0 aliphatic rings. The summed E-state index contributed by atoms with van der Waals surface area (Å²) < 4.78 is 37.5. The van der Waals surface area contributed by atoms with Crippen LogP contribution in [0.1, 0.15) is 24.4 Å². The molecule has 2 N–H and O–H groups in total. The Balaban J connectivity index is 2.59. The average Bonchev–Trinajstić information content (AvgIpc) is 2.26. The third-order valence-electron chi connectivity index (χ3n) is 2.34. The van der Waals surface area contributed by atoms with Gasteiger partial charge < -0.3 is 5.73 Å². The summed E-state index contributed by atoms with van der Waals surface area (Å²) in [6.45, 7) is 1.68. The molecule has 0 saturated heterocycles. The largest absolute Gasteiger partial charge is 0.416 e. The van der Waals surface area contributed by atoms with Crippen LogP contribution in [0.25, 0.3) is 10.9 Å². The Labute approximate surface area is 95.5 Å². The second-order valence-electron chi connectivity index (χ2n) is 3.79. The Bertz CT molecular complexity index is 549. The molecule has 2 aromatic rings. The van der Waals surface area contributed by atoms with Crippen molar-refractivity contribution in [1.29, 1.82) is 0 Å². The zero-order chi connectivity index (χ0) is 12.6. The maximum Gasteiger partial charge on any atom is 0.416 e. The highest BCUT2D eigenvalue weighted by molar-refractivity contribution is 5.78. The van der Waals surface area contributed by atoms with Gasteiger partial charge in [-0.15, -0.1) is 0 Å². The highest BCUT2D eigenvalue weighted by Crippen LogP contribution is 2.30. The van der Waals surface area contributed by atoms with E-state index in [1.807, 2.05) is 0 Å². The van der Waals surface area contributed by atoms with Gasteiger partial charge in [0.25, 0.3) is 0 Å². The van der Waals surface area contributed by atoms with Gasteiger partial charge in [-0.3, -0.25) is 0 Å². The molecule has 0 fully saturated rings. The van der Waals surface area contributed by atoms with Gasteiger partial charge in [0.1, 0.15) is 5.82 Å². The number of hydrogen-bond acceptors (Lipinski definition) is 3. The summed E-state index contributed by atoms with van der Waals surface area (Å²) in [4.78, 5) is 7.99. The number of nitrogens with two attached hydrogens (primary N) is 1. The van der Waals surface area contributed by atoms with Crippen LogP contribution < -0.4 is 5.73 Å². The molecule has 6 heteroatoms. The van der Waals surface area contributed by atoms with Crippen molar-refractivity contribution in [3.05, 3.63) is 35.8 Å². The number of aromatic nitrogens is 2. The van der Waals surface area contributed by atoms with Crippen molar-refractivity contribution in [3.8, 4) is 0 Å². The number of rotatable bonds is 1. The number of benzene rings is 1. The van der Waals surface area contributed by atoms with Gasteiger partial charge in [-0.2, -0.15) is 13.2 Å². The predicted molar refractivity (Wildman–Crippen MR) is 57.1 cm³/mol. The van der Waals surface area contributed by atoms with Crippen molar-refractivity contribution in [2.45, 2.75) is 19.1 Å². The minimum Gasteiger partial charge on any atom is -0.322 e. The summed E-state index contributed by atoms with van der Waals surface area (Å²) in [6.07, 6.45) is -2.89. The molecule has 0 aliphatic heterocycles. The fourth-order valence-electron chi connectivity index (χ4n) is 1.43. The van der Waals surface area contributed by atoms with Crippen LogP contribution in [0.5, 0.6) is 0 Å².